The van der Waals surface area contributed by atoms with E-state index in [1.807, 2.05) is 6.92 Å². The van der Waals surface area contributed by atoms with Crippen LogP contribution in [0.1, 0.15) is 12.5 Å². The van der Waals surface area contributed by atoms with E-state index in [9.17, 15) is 9.59 Å². The predicted octanol–water partition coefficient (Wildman–Crippen LogP) is -0.233. The van der Waals surface area contributed by atoms with E-state index >= 15 is 0 Å². The van der Waals surface area contributed by atoms with Crippen molar-refractivity contribution in [3.8, 4) is 0 Å². The Morgan fingerprint density at radius 2 is 1.67 bits per heavy atom. The molecule has 0 fully saturated rings. The number of primary amides is 2. The highest BCUT2D eigenvalue weighted by molar-refractivity contribution is 5.93. The second-order valence-electron chi connectivity index (χ2n) is 3.58. The second-order valence-corrected chi connectivity index (χ2v) is 3.58. The molecular weight excluding hydrogens is 236 g/mol. The Hall–Kier alpha value is -2.32. The van der Waals surface area contributed by atoms with Gasteiger partial charge >= 0.3 is 12.1 Å². The number of carbonyl (C=O) groups excluding carboxylic acids is 2. The lowest BCUT2D eigenvalue weighted by molar-refractivity contribution is 0.253. The summed E-state index contributed by atoms with van der Waals surface area (Å²) < 4.78 is 0. The minimum atomic E-state index is -0.826. The molecule has 0 aliphatic heterocycles. The maximum Gasteiger partial charge on any atom is 0.333 e. The van der Waals surface area contributed by atoms with Crippen molar-refractivity contribution in [2.75, 3.05) is 10.0 Å². The summed E-state index contributed by atoms with van der Waals surface area (Å²) in [7, 11) is 0. The normalized spacial score (nSPS) is 9.94. The molecule has 0 saturated heterocycles. The number of nitrogens with two attached hydrogens (primary N) is 4. The van der Waals surface area contributed by atoms with Crippen molar-refractivity contribution >= 4 is 23.4 Å². The summed E-state index contributed by atoms with van der Waals surface area (Å²) >= 11 is 0. The van der Waals surface area contributed by atoms with E-state index in [0.29, 0.717) is 17.8 Å². The quantitative estimate of drug-likeness (QED) is 0.334. The van der Waals surface area contributed by atoms with E-state index in [-0.39, 0.29) is 0 Å². The van der Waals surface area contributed by atoms with Crippen molar-refractivity contribution in [2.24, 2.45) is 23.2 Å². The van der Waals surface area contributed by atoms with Crippen LogP contribution in [-0.2, 0) is 6.42 Å². The lowest BCUT2D eigenvalue weighted by Gasteiger charge is -2.21. The Bertz CT molecular complexity index is 475. The van der Waals surface area contributed by atoms with Gasteiger partial charge in [-0.2, -0.15) is 0 Å². The largest absolute Gasteiger partial charge is 0.350 e. The lowest BCUT2D eigenvalue weighted by Crippen LogP contribution is -2.43. The lowest BCUT2D eigenvalue weighted by atomic mass is 10.1. The molecule has 0 aromatic heterocycles. The van der Waals surface area contributed by atoms with Crippen LogP contribution in [0.15, 0.2) is 18.2 Å². The average Bonchev–Trinajstić information content (AvgIpc) is 2.35. The van der Waals surface area contributed by atoms with Crippen LogP contribution in [0, 0.1) is 0 Å². The van der Waals surface area contributed by atoms with E-state index in [0.717, 1.165) is 15.6 Å². The Morgan fingerprint density at radius 1 is 1.11 bits per heavy atom. The molecule has 1 rings (SSSR count). The average molecular weight is 252 g/mol. The molecule has 0 spiro atoms. The van der Waals surface area contributed by atoms with Gasteiger partial charge in [-0.15, -0.1) is 0 Å². The molecule has 0 unspecified atom stereocenters. The molecule has 98 valence electrons. The molecule has 0 heterocycles. The van der Waals surface area contributed by atoms with Gasteiger partial charge in [-0.3, -0.25) is 0 Å². The summed E-state index contributed by atoms with van der Waals surface area (Å²) in [5.74, 6) is 11.0. The fourth-order valence-electron chi connectivity index (χ4n) is 1.47. The number of rotatable bonds is 3. The predicted molar refractivity (Wildman–Crippen MR) is 68.3 cm³/mol. The standard InChI is InChI=1S/C10H16N6O2/c1-2-6-3-4-7(15(13)9(11)17)5-8(6)16(14)10(12)18/h3-5H,2,13-14H2,1H3,(H2,11,17)(H2,12,18). The number of amides is 4. The molecule has 0 saturated carbocycles. The minimum Gasteiger partial charge on any atom is -0.350 e. The summed E-state index contributed by atoms with van der Waals surface area (Å²) in [5.41, 5.74) is 11.6. The highest BCUT2D eigenvalue weighted by Crippen LogP contribution is 2.25. The molecule has 1 aromatic rings. The van der Waals surface area contributed by atoms with Crippen LogP contribution in [0.5, 0.6) is 0 Å². The van der Waals surface area contributed by atoms with Crippen molar-refractivity contribution in [3.05, 3.63) is 23.8 Å². The molecule has 0 aliphatic carbocycles. The second kappa shape index (κ2) is 5.34. The molecule has 8 N–H and O–H groups in total. The fraction of sp³-hybridized carbons (Fsp3) is 0.200. The van der Waals surface area contributed by atoms with Crippen LogP contribution in [-0.4, -0.2) is 12.1 Å². The van der Waals surface area contributed by atoms with Crippen molar-refractivity contribution in [1.82, 2.24) is 0 Å². The van der Waals surface area contributed by atoms with Crippen molar-refractivity contribution in [3.63, 3.8) is 0 Å². The first-order valence-corrected chi connectivity index (χ1v) is 5.20. The first-order chi connectivity index (χ1) is 8.38. The van der Waals surface area contributed by atoms with Crippen LogP contribution < -0.4 is 33.2 Å². The molecule has 0 radical (unpaired) electrons. The molecule has 1 aromatic carbocycles. The SMILES string of the molecule is CCc1ccc(N(N)C(N)=O)cc1N(N)C(N)=O. The molecule has 8 heteroatoms. The van der Waals surface area contributed by atoms with Gasteiger partial charge in [0.2, 0.25) is 0 Å². The molecule has 18 heavy (non-hydrogen) atoms. The fourth-order valence-corrected chi connectivity index (χ4v) is 1.47. The van der Waals surface area contributed by atoms with Gasteiger partial charge in [0.1, 0.15) is 0 Å². The number of aryl methyl sites for hydroxylation is 1. The Balaban J connectivity index is 3.25. The van der Waals surface area contributed by atoms with Gasteiger partial charge in [0, 0.05) is 0 Å². The molecule has 8 nitrogen and oxygen atoms in total. The van der Waals surface area contributed by atoms with Gasteiger partial charge in [-0.05, 0) is 24.1 Å². The van der Waals surface area contributed by atoms with Crippen molar-refractivity contribution in [2.45, 2.75) is 13.3 Å². The van der Waals surface area contributed by atoms with Crippen LogP contribution >= 0.6 is 0 Å². The first kappa shape index (κ1) is 13.7. The van der Waals surface area contributed by atoms with E-state index in [1.165, 1.54) is 6.07 Å². The highest BCUT2D eigenvalue weighted by atomic mass is 16.2. The van der Waals surface area contributed by atoms with E-state index in [1.54, 1.807) is 12.1 Å². The van der Waals surface area contributed by atoms with E-state index in [4.69, 9.17) is 23.2 Å². The third-order valence-electron chi connectivity index (χ3n) is 2.46. The van der Waals surface area contributed by atoms with E-state index < -0.39 is 12.1 Å². The van der Waals surface area contributed by atoms with Gasteiger partial charge in [0.15, 0.2) is 0 Å². The maximum absolute atomic E-state index is 11.1. The van der Waals surface area contributed by atoms with E-state index in [2.05, 4.69) is 0 Å². The van der Waals surface area contributed by atoms with Crippen LogP contribution in [0.2, 0.25) is 0 Å². The number of urea groups is 2. The smallest absolute Gasteiger partial charge is 0.333 e. The summed E-state index contributed by atoms with van der Waals surface area (Å²) in [6.07, 6.45) is 0.637. The number of hydrogen-bond donors (Lipinski definition) is 4. The Morgan fingerprint density at radius 3 is 2.11 bits per heavy atom. The zero-order valence-corrected chi connectivity index (χ0v) is 9.96. The number of nitrogens with zero attached hydrogens (tertiary/aromatic N) is 2. The summed E-state index contributed by atoms with van der Waals surface area (Å²) in [6.45, 7) is 1.89. The molecular formula is C10H16N6O2. The number of anilines is 2. The molecule has 4 amide bonds. The summed E-state index contributed by atoms with van der Waals surface area (Å²) in [5, 5.41) is 1.54. The summed E-state index contributed by atoms with van der Waals surface area (Å²) in [6, 6.07) is 3.12. The van der Waals surface area contributed by atoms with Crippen LogP contribution in [0.4, 0.5) is 21.0 Å². The first-order valence-electron chi connectivity index (χ1n) is 5.20. The summed E-state index contributed by atoms with van der Waals surface area (Å²) in [4.78, 5) is 22.0. The minimum absolute atomic E-state index is 0.311. The zero-order chi connectivity index (χ0) is 13.9. The third-order valence-corrected chi connectivity index (χ3v) is 2.46. The van der Waals surface area contributed by atoms with Gasteiger partial charge in [0.25, 0.3) is 0 Å². The van der Waals surface area contributed by atoms with Gasteiger partial charge in [-0.25, -0.2) is 31.3 Å². The number of hydrogen-bond acceptors (Lipinski definition) is 4. The number of hydrazine groups is 2. The number of benzene rings is 1. The van der Waals surface area contributed by atoms with Gasteiger partial charge in [-0.1, -0.05) is 13.0 Å². The monoisotopic (exact) mass is 252 g/mol. The topological polar surface area (TPSA) is 145 Å². The van der Waals surface area contributed by atoms with Crippen molar-refractivity contribution < 1.29 is 9.59 Å². The van der Waals surface area contributed by atoms with Crippen LogP contribution in [0.25, 0.3) is 0 Å². The number of carbonyl (C=O) groups is 2. The van der Waals surface area contributed by atoms with Gasteiger partial charge < -0.3 is 11.5 Å². The Kier molecular flexibility index (Phi) is 4.08. The highest BCUT2D eigenvalue weighted by Gasteiger charge is 2.15. The van der Waals surface area contributed by atoms with Gasteiger partial charge in [0.05, 0.1) is 11.4 Å². The maximum atomic E-state index is 11.1. The molecule has 0 bridgehead atoms. The third kappa shape index (κ3) is 2.67. The van der Waals surface area contributed by atoms with Crippen LogP contribution in [0.3, 0.4) is 0 Å². The molecule has 0 atom stereocenters. The van der Waals surface area contributed by atoms with Crippen molar-refractivity contribution in [1.29, 1.82) is 0 Å². The Labute approximate surface area is 104 Å². The molecule has 0 aliphatic rings. The zero-order valence-electron chi connectivity index (χ0n) is 9.96.